The maximum atomic E-state index is 13.5. The van der Waals surface area contributed by atoms with Crippen LogP contribution < -0.4 is 21.1 Å². The number of halogens is 4. The highest BCUT2D eigenvalue weighted by molar-refractivity contribution is 7.13. The molecule has 39 heavy (non-hydrogen) atoms. The average Bonchev–Trinajstić information content (AvgIpc) is 3.58. The number of carbonyl (C=O) groups excluding carboxylic acids is 2. The van der Waals surface area contributed by atoms with Crippen LogP contribution in [0, 0.1) is 0 Å². The Morgan fingerprint density at radius 2 is 1.92 bits per heavy atom. The van der Waals surface area contributed by atoms with Crippen LogP contribution in [0.5, 0.6) is 5.75 Å². The van der Waals surface area contributed by atoms with E-state index >= 15 is 0 Å². The van der Waals surface area contributed by atoms with Gasteiger partial charge < -0.3 is 21.1 Å². The highest BCUT2D eigenvalue weighted by Gasteiger charge is 2.32. The number of rotatable bonds is 9. The lowest BCUT2D eigenvalue weighted by molar-refractivity contribution is -0.137. The molecule has 10 nitrogen and oxygen atoms in total. The molecule has 3 aromatic rings. The molecule has 1 aliphatic heterocycles. The number of hydrogen-bond donors (Lipinski definition) is 3. The van der Waals surface area contributed by atoms with E-state index in [0.717, 1.165) is 55.7 Å². The molecule has 0 radical (unpaired) electrons. The van der Waals surface area contributed by atoms with E-state index in [1.54, 1.807) is 6.92 Å². The number of nitrogens with zero attached hydrogens (tertiary/aromatic N) is 4. The summed E-state index contributed by atoms with van der Waals surface area (Å²) in [6.45, 7) is 4.34. The zero-order valence-electron chi connectivity index (χ0n) is 20.7. The predicted molar refractivity (Wildman–Crippen MR) is 140 cm³/mol. The van der Waals surface area contributed by atoms with Crippen molar-refractivity contribution >= 4 is 46.3 Å². The van der Waals surface area contributed by atoms with Gasteiger partial charge in [-0.25, -0.2) is 15.0 Å². The van der Waals surface area contributed by atoms with E-state index in [4.69, 9.17) is 22.1 Å². The molecule has 0 bridgehead atoms. The molecular weight excluding hydrogens is 559 g/mol. The molecule has 208 valence electrons. The number of nitrogens with one attached hydrogen (secondary N) is 2. The molecule has 0 aliphatic carbocycles. The molecule has 3 heterocycles. The second-order valence-electron chi connectivity index (χ2n) is 8.77. The number of carbonyl (C=O) groups is 2. The third-order valence-corrected chi connectivity index (χ3v) is 7.42. The Balaban J connectivity index is 1.42. The summed E-state index contributed by atoms with van der Waals surface area (Å²) in [5, 5.41) is 5.42. The lowest BCUT2D eigenvalue weighted by atomic mass is 10.1. The third-order valence-electron chi connectivity index (χ3n) is 5.86. The number of nitrogens with two attached hydrogens (primary N) is 1. The summed E-state index contributed by atoms with van der Waals surface area (Å²) < 4.78 is 46.1. The quantitative estimate of drug-likeness (QED) is 0.337. The van der Waals surface area contributed by atoms with Gasteiger partial charge >= 0.3 is 6.18 Å². The summed E-state index contributed by atoms with van der Waals surface area (Å²) in [6.07, 6.45) is -0.0688. The van der Waals surface area contributed by atoms with E-state index < -0.39 is 29.6 Å². The van der Waals surface area contributed by atoms with E-state index in [1.807, 2.05) is 0 Å². The number of nitrogen functional groups attached to an aromatic ring is 1. The van der Waals surface area contributed by atoms with Gasteiger partial charge in [0.25, 0.3) is 11.8 Å². The van der Waals surface area contributed by atoms with E-state index in [-0.39, 0.29) is 39.5 Å². The van der Waals surface area contributed by atoms with Crippen molar-refractivity contribution in [1.82, 2.24) is 25.2 Å². The van der Waals surface area contributed by atoms with Gasteiger partial charge in [-0.3, -0.25) is 14.5 Å². The van der Waals surface area contributed by atoms with Gasteiger partial charge in [-0.1, -0.05) is 11.6 Å². The summed E-state index contributed by atoms with van der Waals surface area (Å²) in [7, 11) is 0. The Kier molecular flexibility index (Phi) is 8.87. The largest absolute Gasteiger partial charge is 0.492 e. The topological polar surface area (TPSA) is 135 Å². The molecule has 1 atom stereocenters. The van der Waals surface area contributed by atoms with E-state index in [0.29, 0.717) is 11.6 Å². The first-order valence-electron chi connectivity index (χ1n) is 11.9. The van der Waals surface area contributed by atoms with Crippen molar-refractivity contribution in [2.45, 2.75) is 32.0 Å². The van der Waals surface area contributed by atoms with Crippen molar-refractivity contribution in [2.24, 2.45) is 0 Å². The molecule has 1 aliphatic rings. The molecule has 1 fully saturated rings. The highest BCUT2D eigenvalue weighted by atomic mass is 35.5. The van der Waals surface area contributed by atoms with Gasteiger partial charge in [0.05, 0.1) is 17.8 Å². The van der Waals surface area contributed by atoms with Crippen molar-refractivity contribution in [3.05, 3.63) is 56.9 Å². The van der Waals surface area contributed by atoms with Gasteiger partial charge in [-0.15, -0.1) is 11.3 Å². The molecule has 15 heteroatoms. The first-order chi connectivity index (χ1) is 18.5. The highest BCUT2D eigenvalue weighted by Crippen LogP contribution is 2.34. The van der Waals surface area contributed by atoms with Crippen molar-refractivity contribution in [3.8, 4) is 5.75 Å². The first-order valence-corrected chi connectivity index (χ1v) is 13.1. The first kappa shape index (κ1) is 28.5. The van der Waals surface area contributed by atoms with Gasteiger partial charge in [0, 0.05) is 18.3 Å². The Morgan fingerprint density at radius 3 is 2.64 bits per heavy atom. The van der Waals surface area contributed by atoms with Crippen molar-refractivity contribution in [3.63, 3.8) is 0 Å². The number of benzene rings is 1. The summed E-state index contributed by atoms with van der Waals surface area (Å²) in [5.41, 5.74) is 4.47. The standard InChI is InChI=1S/C24H25ClF3N7O3S/c1-13(33-22(37)19-18(25)20(29)32-12-31-19)23-30-11-17(39-23)21(36)34-15-8-14(24(26,27)28)9-16(10-15)38-7-6-35-4-2-3-5-35/h8-13H,2-7H2,1H3,(H,33,37)(H,34,36)(H2,29,31,32). The Labute approximate surface area is 230 Å². The molecular formula is C24H25ClF3N7O3S. The molecule has 4 N–H and O–H groups in total. The van der Waals surface area contributed by atoms with Gasteiger partial charge in [0.15, 0.2) is 5.69 Å². The van der Waals surface area contributed by atoms with Crippen LogP contribution >= 0.6 is 22.9 Å². The van der Waals surface area contributed by atoms with Crippen LogP contribution in [0.3, 0.4) is 0 Å². The van der Waals surface area contributed by atoms with E-state index in [1.165, 1.54) is 12.3 Å². The Morgan fingerprint density at radius 1 is 1.18 bits per heavy atom. The monoisotopic (exact) mass is 583 g/mol. The van der Waals surface area contributed by atoms with Crippen molar-refractivity contribution in [2.75, 3.05) is 37.3 Å². The van der Waals surface area contributed by atoms with Crippen LogP contribution in [0.25, 0.3) is 0 Å². The predicted octanol–water partition coefficient (Wildman–Crippen LogP) is 4.41. The smallest absolute Gasteiger partial charge is 0.416 e. The zero-order valence-corrected chi connectivity index (χ0v) is 22.3. The average molecular weight is 584 g/mol. The third kappa shape index (κ3) is 7.34. The molecule has 2 aromatic heterocycles. The molecule has 1 unspecified atom stereocenters. The maximum absolute atomic E-state index is 13.5. The second kappa shape index (κ2) is 12.1. The number of hydrogen-bond acceptors (Lipinski definition) is 9. The van der Waals surface area contributed by atoms with Crippen molar-refractivity contribution < 1.29 is 27.5 Å². The number of amides is 2. The number of alkyl halides is 3. The van der Waals surface area contributed by atoms with Crippen LogP contribution in [0.2, 0.25) is 5.02 Å². The minimum absolute atomic E-state index is 0.00432. The lowest BCUT2D eigenvalue weighted by Gasteiger charge is -2.17. The number of anilines is 2. The lowest BCUT2D eigenvalue weighted by Crippen LogP contribution is -2.28. The molecule has 4 rings (SSSR count). The normalized spacial score (nSPS) is 14.7. The molecule has 1 aromatic carbocycles. The molecule has 0 saturated carbocycles. The summed E-state index contributed by atoms with van der Waals surface area (Å²) in [5.74, 6) is -1.33. The minimum atomic E-state index is -4.63. The van der Waals surface area contributed by atoms with Gasteiger partial charge in [0.1, 0.15) is 39.4 Å². The SMILES string of the molecule is CC(NC(=O)c1ncnc(N)c1Cl)c1ncc(C(=O)Nc2cc(OCCN3CCCC3)cc(C(F)(F)F)c2)s1. The van der Waals surface area contributed by atoms with Gasteiger partial charge in [0.2, 0.25) is 0 Å². The summed E-state index contributed by atoms with van der Waals surface area (Å²) >= 11 is 6.96. The Hall–Kier alpha value is -3.49. The molecule has 2 amide bonds. The minimum Gasteiger partial charge on any atom is -0.492 e. The van der Waals surface area contributed by atoms with Gasteiger partial charge in [-0.2, -0.15) is 13.2 Å². The van der Waals surface area contributed by atoms with Crippen LogP contribution in [0.1, 0.15) is 56.5 Å². The Bertz CT molecular complexity index is 1350. The molecule has 0 spiro atoms. The fourth-order valence-corrected chi connectivity index (χ4v) is 4.87. The number of likely N-dealkylation sites (tertiary alicyclic amines) is 1. The van der Waals surface area contributed by atoms with Crippen LogP contribution in [-0.4, -0.2) is 57.9 Å². The number of thiazole rings is 1. The van der Waals surface area contributed by atoms with Crippen LogP contribution in [0.4, 0.5) is 24.7 Å². The molecule has 1 saturated heterocycles. The van der Waals surface area contributed by atoms with E-state index in [2.05, 4.69) is 30.5 Å². The van der Waals surface area contributed by atoms with Gasteiger partial charge in [-0.05, 0) is 45.0 Å². The van der Waals surface area contributed by atoms with Crippen LogP contribution in [-0.2, 0) is 6.18 Å². The number of ether oxygens (including phenoxy) is 1. The van der Waals surface area contributed by atoms with Crippen LogP contribution in [0.15, 0.2) is 30.7 Å². The summed E-state index contributed by atoms with van der Waals surface area (Å²) in [4.78, 5) is 39.4. The fraction of sp³-hybridized carbons (Fsp3) is 0.375. The second-order valence-corrected chi connectivity index (χ2v) is 10.2. The zero-order chi connectivity index (χ0) is 28.2. The van der Waals surface area contributed by atoms with Crippen molar-refractivity contribution in [1.29, 1.82) is 0 Å². The fourth-order valence-electron chi connectivity index (χ4n) is 3.87. The number of aromatic nitrogens is 3. The van der Waals surface area contributed by atoms with E-state index in [9.17, 15) is 22.8 Å². The maximum Gasteiger partial charge on any atom is 0.416 e. The summed E-state index contributed by atoms with van der Waals surface area (Å²) in [6, 6.07) is 2.46.